The summed E-state index contributed by atoms with van der Waals surface area (Å²) >= 11 is 6.38. The molecule has 2 N–H and O–H groups in total. The number of anilines is 1. The molecule has 0 bridgehead atoms. The summed E-state index contributed by atoms with van der Waals surface area (Å²) in [6.45, 7) is 2.95. The van der Waals surface area contributed by atoms with E-state index < -0.39 is 16.1 Å². The van der Waals surface area contributed by atoms with Crippen molar-refractivity contribution in [1.82, 2.24) is 9.44 Å². The van der Waals surface area contributed by atoms with Gasteiger partial charge >= 0.3 is 10.2 Å². The minimum atomic E-state index is -4.16. The van der Waals surface area contributed by atoms with Crippen LogP contribution < -0.4 is 23.8 Å². The number of nitrogens with zero attached hydrogens (tertiary/aromatic N) is 1. The second-order valence-electron chi connectivity index (χ2n) is 14.3. The maximum Gasteiger partial charge on any atom is 0.301 e. The van der Waals surface area contributed by atoms with E-state index in [0.29, 0.717) is 48.2 Å². The third-order valence-corrected chi connectivity index (χ3v) is 11.7. The number of benzene rings is 3. The second-order valence-corrected chi connectivity index (χ2v) is 16.3. The lowest BCUT2D eigenvalue weighted by atomic mass is 9.70. The van der Waals surface area contributed by atoms with Crippen molar-refractivity contribution >= 4 is 33.4 Å². The van der Waals surface area contributed by atoms with Crippen molar-refractivity contribution in [3.8, 4) is 11.5 Å². The van der Waals surface area contributed by atoms with Crippen LogP contribution in [0.1, 0.15) is 72.0 Å². The minimum absolute atomic E-state index is 0.00860. The molecule has 1 amide bonds. The van der Waals surface area contributed by atoms with Gasteiger partial charge < -0.3 is 23.8 Å². The topological polar surface area (TPSA) is 115 Å². The molecule has 286 valence electrons. The number of carbonyl (C=O) groups is 1. The fourth-order valence-electron chi connectivity index (χ4n) is 7.10. The maximum absolute atomic E-state index is 13.5. The Kier molecular flexibility index (Phi) is 13.7. The van der Waals surface area contributed by atoms with Crippen molar-refractivity contribution in [3.05, 3.63) is 100 Å². The van der Waals surface area contributed by atoms with E-state index >= 15 is 0 Å². The molecule has 1 aliphatic heterocycles. The number of rotatable bonds is 16. The summed E-state index contributed by atoms with van der Waals surface area (Å²) in [5, 5.41) is 0.703. The SMILES string of the molecule is COCCOC(/C=C/CC1CC1)[C@@H]1CC[C@H]1CN1CCCCc2cc(Cl)ccc2COc2ccc(C(=O)NS(=O)(=O)NCc3ccc(OC)cc3)cc21. The van der Waals surface area contributed by atoms with E-state index in [-0.39, 0.29) is 18.2 Å². The first kappa shape index (κ1) is 39.1. The molecule has 53 heavy (non-hydrogen) atoms. The number of carbonyl (C=O) groups excluding carboxylic acids is 1. The molecule has 2 fully saturated rings. The van der Waals surface area contributed by atoms with Crippen molar-refractivity contribution in [2.24, 2.45) is 17.8 Å². The van der Waals surface area contributed by atoms with E-state index in [2.05, 4.69) is 26.5 Å². The second kappa shape index (κ2) is 18.6. The Morgan fingerprint density at radius 2 is 1.83 bits per heavy atom. The average Bonchev–Trinajstić information content (AvgIpc) is 3.97. The Labute approximate surface area is 319 Å². The van der Waals surface area contributed by atoms with Gasteiger partial charge in [0.25, 0.3) is 5.91 Å². The van der Waals surface area contributed by atoms with Crippen molar-refractivity contribution in [2.75, 3.05) is 45.4 Å². The zero-order valence-corrected chi connectivity index (χ0v) is 32.3. The van der Waals surface area contributed by atoms with Crippen molar-refractivity contribution in [1.29, 1.82) is 0 Å². The maximum atomic E-state index is 13.5. The molecule has 1 heterocycles. The van der Waals surface area contributed by atoms with Gasteiger partial charge in [0.1, 0.15) is 18.1 Å². The average molecular weight is 766 g/mol. The van der Waals surface area contributed by atoms with Crippen LogP contribution in [0, 0.1) is 17.8 Å². The van der Waals surface area contributed by atoms with Gasteiger partial charge in [-0.2, -0.15) is 13.1 Å². The van der Waals surface area contributed by atoms with Gasteiger partial charge in [0.2, 0.25) is 0 Å². The first-order valence-corrected chi connectivity index (χ1v) is 20.6. The predicted octanol–water partition coefficient (Wildman–Crippen LogP) is 7.25. The van der Waals surface area contributed by atoms with E-state index in [1.54, 1.807) is 56.7 Å². The van der Waals surface area contributed by atoms with Gasteiger partial charge in [-0.1, -0.05) is 42.0 Å². The van der Waals surface area contributed by atoms with Crippen molar-refractivity contribution in [2.45, 2.75) is 70.6 Å². The third kappa shape index (κ3) is 11.2. The molecule has 2 aliphatic carbocycles. The van der Waals surface area contributed by atoms with E-state index in [1.165, 1.54) is 18.4 Å². The fraction of sp³-hybridized carbons (Fsp3) is 0.488. The van der Waals surface area contributed by atoms with Gasteiger partial charge in [0.15, 0.2) is 0 Å². The molecule has 0 radical (unpaired) electrons. The highest BCUT2D eigenvalue weighted by Crippen LogP contribution is 2.42. The smallest absolute Gasteiger partial charge is 0.301 e. The van der Waals surface area contributed by atoms with Gasteiger partial charge in [0, 0.05) is 37.3 Å². The van der Waals surface area contributed by atoms with Gasteiger partial charge in [0.05, 0.1) is 32.1 Å². The molecular weight excluding hydrogens is 714 g/mol. The summed E-state index contributed by atoms with van der Waals surface area (Å²) in [6.07, 6.45) is 13.2. The Bertz CT molecular complexity index is 1820. The highest BCUT2D eigenvalue weighted by Gasteiger charge is 2.38. The summed E-state index contributed by atoms with van der Waals surface area (Å²) in [6, 6.07) is 18.1. The van der Waals surface area contributed by atoms with Crippen LogP contribution in [0.2, 0.25) is 5.02 Å². The Hall–Kier alpha value is -3.61. The fourth-order valence-corrected chi connectivity index (χ4v) is 8.09. The van der Waals surface area contributed by atoms with E-state index in [9.17, 15) is 13.2 Å². The number of nitrogens with one attached hydrogen (secondary N) is 2. The molecule has 0 aromatic heterocycles. The van der Waals surface area contributed by atoms with Crippen molar-refractivity contribution in [3.63, 3.8) is 0 Å². The van der Waals surface area contributed by atoms with Crippen LogP contribution in [-0.4, -0.2) is 61.0 Å². The standard InChI is InChI=1S/C41H52ClN3O7S/c1-49-22-23-51-39(8-5-6-29-9-10-29)37-19-14-33(37)27-45-21-4-3-7-31-24-35(42)16-13-34(31)28-52-40-20-15-32(25-38(40)45)41(46)44-53(47,48)43-26-30-11-17-36(50-2)18-12-30/h5,8,11-13,15-18,20,24-25,29,33,37,39,43H,3-4,6-7,9-10,14,19,21-23,26-28H2,1-2H3,(H,44,46)/b8-5+/t33-,37+,39?/m0/s1. The van der Waals surface area contributed by atoms with Crippen LogP contribution in [-0.2, 0) is 39.3 Å². The first-order chi connectivity index (χ1) is 25.7. The monoisotopic (exact) mass is 765 g/mol. The summed E-state index contributed by atoms with van der Waals surface area (Å²) in [5.41, 5.74) is 3.96. The first-order valence-electron chi connectivity index (χ1n) is 18.7. The van der Waals surface area contributed by atoms with E-state index in [1.807, 2.05) is 18.2 Å². The molecule has 1 unspecified atom stereocenters. The summed E-state index contributed by atoms with van der Waals surface area (Å²) in [4.78, 5) is 15.9. The number of hydrogen-bond acceptors (Lipinski definition) is 8. The molecule has 6 rings (SSSR count). The number of methoxy groups -OCH3 is 2. The van der Waals surface area contributed by atoms with Crippen LogP contribution in [0.4, 0.5) is 5.69 Å². The zero-order valence-electron chi connectivity index (χ0n) is 30.7. The molecule has 3 atom stereocenters. The molecule has 2 saturated carbocycles. The summed E-state index contributed by atoms with van der Waals surface area (Å²) < 4.78 is 54.0. The van der Waals surface area contributed by atoms with Gasteiger partial charge in [-0.25, -0.2) is 4.72 Å². The number of amides is 1. The largest absolute Gasteiger partial charge is 0.497 e. The van der Waals surface area contributed by atoms with Crippen LogP contribution in [0.15, 0.2) is 72.8 Å². The predicted molar refractivity (Wildman–Crippen MR) is 208 cm³/mol. The molecule has 3 aromatic rings. The molecule has 10 nitrogen and oxygen atoms in total. The molecular formula is C41H52ClN3O7S. The van der Waals surface area contributed by atoms with Gasteiger partial charge in [-0.3, -0.25) is 4.79 Å². The highest BCUT2D eigenvalue weighted by molar-refractivity contribution is 7.88. The lowest BCUT2D eigenvalue weighted by Gasteiger charge is -2.44. The minimum Gasteiger partial charge on any atom is -0.497 e. The van der Waals surface area contributed by atoms with Crippen LogP contribution in [0.25, 0.3) is 0 Å². The molecule has 3 aliphatic rings. The summed E-state index contributed by atoms with van der Waals surface area (Å²) in [7, 11) is -0.899. The van der Waals surface area contributed by atoms with Gasteiger partial charge in [-0.15, -0.1) is 0 Å². The number of allylic oxidation sites excluding steroid dienone is 1. The number of halogens is 1. The number of fused-ring (bicyclic) bond motifs is 2. The quantitative estimate of drug-likeness (QED) is 0.116. The lowest BCUT2D eigenvalue weighted by Crippen LogP contribution is -2.44. The van der Waals surface area contributed by atoms with Crippen LogP contribution >= 0.6 is 11.6 Å². The van der Waals surface area contributed by atoms with Crippen LogP contribution in [0.3, 0.4) is 0 Å². The zero-order chi connectivity index (χ0) is 37.2. The number of aryl methyl sites for hydroxylation is 1. The summed E-state index contributed by atoms with van der Waals surface area (Å²) in [5.74, 6) is 2.11. The molecule has 12 heteroatoms. The lowest BCUT2D eigenvalue weighted by molar-refractivity contribution is -0.0308. The van der Waals surface area contributed by atoms with Crippen molar-refractivity contribution < 1.29 is 32.2 Å². The van der Waals surface area contributed by atoms with Gasteiger partial charge in [-0.05, 0) is 128 Å². The van der Waals surface area contributed by atoms with Crippen LogP contribution in [0.5, 0.6) is 11.5 Å². The van der Waals surface area contributed by atoms with E-state index in [0.717, 1.165) is 74.3 Å². The number of hydrogen-bond donors (Lipinski definition) is 2. The molecule has 3 aromatic carbocycles. The molecule has 0 saturated heterocycles. The Morgan fingerprint density at radius 1 is 1.00 bits per heavy atom. The van der Waals surface area contributed by atoms with E-state index in [4.69, 9.17) is 30.5 Å². The number of ether oxygens (including phenoxy) is 4. The Balaban J connectivity index is 1.22. The Morgan fingerprint density at radius 3 is 2.57 bits per heavy atom. The third-order valence-electron chi connectivity index (χ3n) is 10.5. The normalized spacial score (nSPS) is 19.6. The molecule has 0 spiro atoms. The highest BCUT2D eigenvalue weighted by atomic mass is 35.5.